The highest BCUT2D eigenvalue weighted by Gasteiger charge is 2.56. The van der Waals surface area contributed by atoms with Gasteiger partial charge in [0.15, 0.2) is 0 Å². The molecule has 4 amide bonds. The fourth-order valence-electron chi connectivity index (χ4n) is 5.38. The van der Waals surface area contributed by atoms with E-state index in [1.807, 2.05) is 18.2 Å². The molecule has 2 saturated heterocycles. The SMILES string of the molecule is COc1ccc(C2CCCN2C(=O)CN2C(=O)N(C)C3(CCCCC3)C2=O)c(OC)c1. The molecule has 2 heterocycles. The lowest BCUT2D eigenvalue weighted by molar-refractivity contribution is -0.141. The molecule has 2 aliphatic heterocycles. The van der Waals surface area contributed by atoms with E-state index in [9.17, 15) is 14.4 Å². The van der Waals surface area contributed by atoms with E-state index in [0.29, 0.717) is 30.9 Å². The Kier molecular flexibility index (Phi) is 5.81. The molecule has 1 aromatic rings. The molecule has 3 fully saturated rings. The highest BCUT2D eigenvalue weighted by Crippen LogP contribution is 2.41. The molecule has 1 saturated carbocycles. The molecule has 1 unspecified atom stereocenters. The topological polar surface area (TPSA) is 79.4 Å². The van der Waals surface area contributed by atoms with Crippen LogP contribution in [0.1, 0.15) is 56.6 Å². The van der Waals surface area contributed by atoms with Crippen LogP contribution in [0.15, 0.2) is 18.2 Å². The zero-order valence-electron chi connectivity index (χ0n) is 18.6. The van der Waals surface area contributed by atoms with Crippen LogP contribution < -0.4 is 9.47 Å². The number of benzene rings is 1. The minimum atomic E-state index is -0.765. The molecule has 8 nitrogen and oxygen atoms in total. The van der Waals surface area contributed by atoms with Gasteiger partial charge in [-0.3, -0.25) is 14.5 Å². The molecule has 168 valence electrons. The van der Waals surface area contributed by atoms with Crippen molar-refractivity contribution in [3.8, 4) is 11.5 Å². The predicted molar refractivity (Wildman–Crippen MR) is 114 cm³/mol. The van der Waals surface area contributed by atoms with Crippen LogP contribution in [0.4, 0.5) is 4.79 Å². The summed E-state index contributed by atoms with van der Waals surface area (Å²) in [4.78, 5) is 43.9. The van der Waals surface area contributed by atoms with Crippen LogP contribution in [-0.4, -0.2) is 72.4 Å². The lowest BCUT2D eigenvalue weighted by Gasteiger charge is -2.35. The smallest absolute Gasteiger partial charge is 0.327 e. The van der Waals surface area contributed by atoms with Crippen LogP contribution in [-0.2, 0) is 9.59 Å². The number of methoxy groups -OCH3 is 2. The number of hydrogen-bond donors (Lipinski definition) is 0. The highest BCUT2D eigenvalue weighted by atomic mass is 16.5. The molecule has 4 rings (SSSR count). The van der Waals surface area contributed by atoms with Crippen molar-refractivity contribution in [2.45, 2.75) is 56.5 Å². The number of nitrogens with zero attached hydrogens (tertiary/aromatic N) is 3. The van der Waals surface area contributed by atoms with Crippen LogP contribution in [0.25, 0.3) is 0 Å². The van der Waals surface area contributed by atoms with Gasteiger partial charge in [0.25, 0.3) is 5.91 Å². The first-order valence-electron chi connectivity index (χ1n) is 11.0. The molecule has 1 spiro atoms. The van der Waals surface area contributed by atoms with Crippen molar-refractivity contribution in [2.24, 2.45) is 0 Å². The van der Waals surface area contributed by atoms with Crippen LogP contribution in [0.2, 0.25) is 0 Å². The molecule has 31 heavy (non-hydrogen) atoms. The van der Waals surface area contributed by atoms with Crippen molar-refractivity contribution < 1.29 is 23.9 Å². The van der Waals surface area contributed by atoms with Crippen molar-refractivity contribution >= 4 is 17.8 Å². The van der Waals surface area contributed by atoms with Crippen LogP contribution >= 0.6 is 0 Å². The summed E-state index contributed by atoms with van der Waals surface area (Å²) in [7, 11) is 4.89. The summed E-state index contributed by atoms with van der Waals surface area (Å²) in [5.41, 5.74) is 0.147. The van der Waals surface area contributed by atoms with Gasteiger partial charge < -0.3 is 19.3 Å². The number of likely N-dealkylation sites (tertiary alicyclic amines) is 1. The van der Waals surface area contributed by atoms with Gasteiger partial charge in [-0.2, -0.15) is 0 Å². The normalized spacial score (nSPS) is 23.1. The molecule has 0 aromatic heterocycles. The zero-order valence-corrected chi connectivity index (χ0v) is 18.6. The minimum Gasteiger partial charge on any atom is -0.497 e. The van der Waals surface area contributed by atoms with Gasteiger partial charge in [-0.1, -0.05) is 19.3 Å². The first-order chi connectivity index (χ1) is 14.9. The van der Waals surface area contributed by atoms with Gasteiger partial charge in [0.2, 0.25) is 5.91 Å². The fraction of sp³-hybridized carbons (Fsp3) is 0.609. The van der Waals surface area contributed by atoms with E-state index >= 15 is 0 Å². The third-order valence-electron chi connectivity index (χ3n) is 7.15. The molecular formula is C23H31N3O5. The van der Waals surface area contributed by atoms with Crippen LogP contribution in [0, 0.1) is 0 Å². The van der Waals surface area contributed by atoms with Crippen molar-refractivity contribution in [2.75, 3.05) is 34.4 Å². The summed E-state index contributed by atoms with van der Waals surface area (Å²) < 4.78 is 10.8. The standard InChI is InChI=1S/C23H31N3O5/c1-24-22(29)26(21(28)23(24)11-5-4-6-12-23)15-20(27)25-13-7-8-18(25)17-10-9-16(30-2)14-19(17)31-3/h9-10,14,18H,4-8,11-13,15H2,1-3H3. The maximum Gasteiger partial charge on any atom is 0.327 e. The summed E-state index contributed by atoms with van der Waals surface area (Å²) in [6.45, 7) is 0.384. The summed E-state index contributed by atoms with van der Waals surface area (Å²) in [5, 5.41) is 0. The third-order valence-corrected chi connectivity index (χ3v) is 7.15. The Morgan fingerprint density at radius 2 is 1.84 bits per heavy atom. The van der Waals surface area contributed by atoms with Crippen molar-refractivity contribution in [1.82, 2.24) is 14.7 Å². The molecule has 3 aliphatic rings. The van der Waals surface area contributed by atoms with Crippen molar-refractivity contribution in [3.63, 3.8) is 0 Å². The number of urea groups is 1. The highest BCUT2D eigenvalue weighted by molar-refractivity contribution is 6.09. The second kappa shape index (κ2) is 8.40. The number of amides is 4. The number of imide groups is 1. The largest absolute Gasteiger partial charge is 0.497 e. The van der Waals surface area contributed by atoms with Gasteiger partial charge in [0, 0.05) is 25.2 Å². The summed E-state index contributed by atoms with van der Waals surface area (Å²) in [6, 6.07) is 5.07. The summed E-state index contributed by atoms with van der Waals surface area (Å²) in [6.07, 6.45) is 5.95. The first-order valence-corrected chi connectivity index (χ1v) is 11.0. The molecule has 1 atom stereocenters. The number of carbonyl (C=O) groups excluding carboxylic acids is 3. The maximum absolute atomic E-state index is 13.3. The Hall–Kier alpha value is -2.77. The second-order valence-corrected chi connectivity index (χ2v) is 8.68. The van der Waals surface area contributed by atoms with Gasteiger partial charge in [-0.25, -0.2) is 4.79 Å². The van der Waals surface area contributed by atoms with Crippen LogP contribution in [0.3, 0.4) is 0 Å². The monoisotopic (exact) mass is 429 g/mol. The van der Waals surface area contributed by atoms with Gasteiger partial charge in [-0.15, -0.1) is 0 Å². The molecule has 8 heteroatoms. The van der Waals surface area contributed by atoms with Crippen LogP contribution in [0.5, 0.6) is 11.5 Å². The van der Waals surface area contributed by atoms with E-state index in [0.717, 1.165) is 42.6 Å². The Morgan fingerprint density at radius 3 is 2.52 bits per heavy atom. The molecule has 1 aromatic carbocycles. The van der Waals surface area contributed by atoms with Crippen molar-refractivity contribution in [3.05, 3.63) is 23.8 Å². The van der Waals surface area contributed by atoms with Crippen molar-refractivity contribution in [1.29, 1.82) is 0 Å². The Morgan fingerprint density at radius 1 is 1.10 bits per heavy atom. The van der Waals surface area contributed by atoms with E-state index in [2.05, 4.69) is 0 Å². The fourth-order valence-corrected chi connectivity index (χ4v) is 5.38. The van der Waals surface area contributed by atoms with E-state index in [1.165, 1.54) is 0 Å². The van der Waals surface area contributed by atoms with E-state index in [4.69, 9.17) is 9.47 Å². The molecule has 0 N–H and O–H groups in total. The Bertz CT molecular complexity index is 880. The lowest BCUT2D eigenvalue weighted by Crippen LogP contribution is -2.49. The average Bonchev–Trinajstić information content (AvgIpc) is 3.35. The van der Waals surface area contributed by atoms with E-state index in [1.54, 1.807) is 31.1 Å². The second-order valence-electron chi connectivity index (χ2n) is 8.68. The van der Waals surface area contributed by atoms with Gasteiger partial charge >= 0.3 is 6.03 Å². The first kappa shape index (κ1) is 21.5. The number of carbonyl (C=O) groups is 3. The van der Waals surface area contributed by atoms with E-state index < -0.39 is 5.54 Å². The van der Waals surface area contributed by atoms with Gasteiger partial charge in [0.1, 0.15) is 23.6 Å². The van der Waals surface area contributed by atoms with E-state index in [-0.39, 0.29) is 30.4 Å². The lowest BCUT2D eigenvalue weighted by atomic mass is 9.81. The quantitative estimate of drug-likeness (QED) is 0.673. The summed E-state index contributed by atoms with van der Waals surface area (Å²) >= 11 is 0. The minimum absolute atomic E-state index is 0.150. The summed E-state index contributed by atoms with van der Waals surface area (Å²) in [5.74, 6) is 0.929. The number of likely N-dealkylation sites (N-methyl/N-ethyl adjacent to an activating group) is 1. The molecule has 0 bridgehead atoms. The Balaban J connectivity index is 1.53. The Labute approximate surface area is 183 Å². The predicted octanol–water partition coefficient (Wildman–Crippen LogP) is 2.96. The number of ether oxygens (including phenoxy) is 2. The number of rotatable bonds is 5. The zero-order chi connectivity index (χ0) is 22.2. The van der Waals surface area contributed by atoms with Gasteiger partial charge in [0.05, 0.1) is 20.3 Å². The number of hydrogen-bond acceptors (Lipinski definition) is 5. The maximum atomic E-state index is 13.3. The third kappa shape index (κ3) is 3.51. The average molecular weight is 430 g/mol. The van der Waals surface area contributed by atoms with Gasteiger partial charge in [-0.05, 0) is 37.8 Å². The molecule has 0 radical (unpaired) electrons. The molecular weight excluding hydrogens is 398 g/mol. The molecule has 1 aliphatic carbocycles.